The molecule has 1 aliphatic heterocycles. The topological polar surface area (TPSA) is 157 Å². The molecule has 11 nitrogen and oxygen atoms in total. The summed E-state index contributed by atoms with van der Waals surface area (Å²) in [5, 5.41) is 4.94. The Morgan fingerprint density at radius 3 is 2.49 bits per heavy atom. The smallest absolute Gasteiger partial charge is 0.465 e. The van der Waals surface area contributed by atoms with Gasteiger partial charge in [-0.1, -0.05) is 12.1 Å². The lowest BCUT2D eigenvalue weighted by molar-refractivity contribution is -0.275. The van der Waals surface area contributed by atoms with Crippen LogP contribution in [0, 0.1) is 11.7 Å². The number of nitrogens with two attached hydrogens (primary N) is 1. The fraction of sp³-hybridized carbons (Fsp3) is 0.346. The summed E-state index contributed by atoms with van der Waals surface area (Å²) in [6.07, 6.45) is -4.75. The van der Waals surface area contributed by atoms with Crippen LogP contribution in [0.4, 0.5) is 28.9 Å². The van der Waals surface area contributed by atoms with Gasteiger partial charge >= 0.3 is 12.3 Å². The molecule has 2 aromatic rings. The van der Waals surface area contributed by atoms with Crippen molar-refractivity contribution in [3.8, 4) is 5.75 Å². The van der Waals surface area contributed by atoms with E-state index in [-0.39, 0.29) is 29.8 Å². The monoisotopic (exact) mass is 582 g/mol. The first-order chi connectivity index (χ1) is 19.2. The summed E-state index contributed by atoms with van der Waals surface area (Å²) < 4.78 is 60.6. The number of carbonyl (C=O) groups is 5. The Bertz CT molecular complexity index is 1350. The number of nitrogens with zero attached hydrogens (tertiary/aromatic N) is 1. The Morgan fingerprint density at radius 1 is 1.17 bits per heavy atom. The van der Waals surface area contributed by atoms with Gasteiger partial charge in [-0.15, -0.1) is 13.2 Å². The Balaban J connectivity index is 1.81. The summed E-state index contributed by atoms with van der Waals surface area (Å²) >= 11 is 0. The molecular formula is C26H26F4N4O7. The fourth-order valence-electron chi connectivity index (χ4n) is 4.23. The van der Waals surface area contributed by atoms with Crippen LogP contribution in [0.5, 0.6) is 5.75 Å². The van der Waals surface area contributed by atoms with Crippen LogP contribution in [0.2, 0.25) is 0 Å². The first-order valence-corrected chi connectivity index (χ1v) is 12.1. The maximum atomic E-state index is 14.6. The van der Waals surface area contributed by atoms with Crippen LogP contribution in [-0.2, 0) is 23.9 Å². The number of methoxy groups -OCH3 is 1. The van der Waals surface area contributed by atoms with Crippen molar-refractivity contribution in [3.63, 3.8) is 0 Å². The number of anilines is 2. The SMILES string of the molecule is COC(=O)c1ccc(C(N)C(C)=O)c(NCC(=O)N2CC(C=O)CC2C(=O)Nc2cccc(OC(F)(F)F)c2F)c1. The van der Waals surface area contributed by atoms with E-state index in [1.54, 1.807) is 0 Å². The van der Waals surface area contributed by atoms with Crippen LogP contribution in [0.15, 0.2) is 36.4 Å². The van der Waals surface area contributed by atoms with Crippen molar-refractivity contribution in [2.45, 2.75) is 31.8 Å². The minimum Gasteiger partial charge on any atom is -0.465 e. The van der Waals surface area contributed by atoms with Gasteiger partial charge in [-0.2, -0.15) is 0 Å². The van der Waals surface area contributed by atoms with Gasteiger partial charge in [-0.25, -0.2) is 9.18 Å². The molecule has 0 bridgehead atoms. The number of carbonyl (C=O) groups excluding carboxylic acids is 5. The van der Waals surface area contributed by atoms with Gasteiger partial charge in [0.25, 0.3) is 0 Å². The second kappa shape index (κ2) is 12.8. The zero-order valence-electron chi connectivity index (χ0n) is 21.8. The number of hydrogen-bond donors (Lipinski definition) is 3. The van der Waals surface area contributed by atoms with Crippen LogP contribution >= 0.6 is 0 Å². The Morgan fingerprint density at radius 2 is 1.88 bits per heavy atom. The number of ether oxygens (including phenoxy) is 2. The van der Waals surface area contributed by atoms with Crippen molar-refractivity contribution in [1.82, 2.24) is 4.90 Å². The number of esters is 1. The standard InChI is InChI=1S/C26H26F4N4O7/c1-13(36)23(31)16-7-6-15(25(39)40-2)9-18(16)32-10-21(37)34-11-14(12-35)8-19(34)24(38)33-17-4-3-5-20(22(17)27)41-26(28,29)30/h3-7,9,12,14,19,23,32H,8,10-11,31H2,1-2H3,(H,33,38). The third-order valence-corrected chi connectivity index (χ3v) is 6.27. The highest BCUT2D eigenvalue weighted by atomic mass is 19.4. The molecule has 2 aromatic carbocycles. The number of alkyl halides is 3. The molecule has 0 aromatic heterocycles. The second-order valence-corrected chi connectivity index (χ2v) is 9.08. The predicted octanol–water partition coefficient (Wildman–Crippen LogP) is 2.57. The molecule has 0 aliphatic carbocycles. The largest absolute Gasteiger partial charge is 0.573 e. The predicted molar refractivity (Wildman–Crippen MR) is 135 cm³/mol. The van der Waals surface area contributed by atoms with E-state index in [1.165, 1.54) is 32.2 Å². The van der Waals surface area contributed by atoms with Crippen LogP contribution < -0.4 is 21.1 Å². The number of likely N-dealkylation sites (tertiary alicyclic amines) is 1. The van der Waals surface area contributed by atoms with Crippen LogP contribution in [-0.4, -0.2) is 67.4 Å². The molecular weight excluding hydrogens is 556 g/mol. The van der Waals surface area contributed by atoms with E-state index >= 15 is 0 Å². The molecule has 1 fully saturated rings. The average molecular weight is 583 g/mol. The number of rotatable bonds is 10. The maximum Gasteiger partial charge on any atom is 0.573 e. The second-order valence-electron chi connectivity index (χ2n) is 9.08. The summed E-state index contributed by atoms with van der Waals surface area (Å²) in [5.74, 6) is -6.12. The first-order valence-electron chi connectivity index (χ1n) is 12.1. The highest BCUT2D eigenvalue weighted by Crippen LogP contribution is 2.31. The van der Waals surface area contributed by atoms with Crippen LogP contribution in [0.1, 0.15) is 35.3 Å². The summed E-state index contributed by atoms with van der Waals surface area (Å²) in [6.45, 7) is 0.624. The van der Waals surface area contributed by atoms with Gasteiger partial charge in [0.05, 0.1) is 30.9 Å². The van der Waals surface area contributed by atoms with E-state index in [0.717, 1.165) is 23.1 Å². The van der Waals surface area contributed by atoms with Crippen molar-refractivity contribution in [1.29, 1.82) is 0 Å². The zero-order chi connectivity index (χ0) is 30.5. The summed E-state index contributed by atoms with van der Waals surface area (Å²) in [7, 11) is 1.17. The molecule has 3 rings (SSSR count). The number of nitrogens with one attached hydrogen (secondary N) is 2. The van der Waals surface area contributed by atoms with Gasteiger partial charge in [0, 0.05) is 18.2 Å². The quantitative estimate of drug-likeness (QED) is 0.218. The molecule has 0 saturated carbocycles. The van der Waals surface area contributed by atoms with E-state index in [0.29, 0.717) is 6.29 Å². The third kappa shape index (κ3) is 7.57. The van der Waals surface area contributed by atoms with E-state index in [2.05, 4.69) is 15.4 Å². The van der Waals surface area contributed by atoms with Gasteiger partial charge in [0.2, 0.25) is 11.8 Å². The normalized spacial score (nSPS) is 17.4. The molecule has 220 valence electrons. The van der Waals surface area contributed by atoms with Gasteiger partial charge in [0.1, 0.15) is 12.3 Å². The van der Waals surface area contributed by atoms with Crippen molar-refractivity contribution in [2.75, 3.05) is 30.8 Å². The lowest BCUT2D eigenvalue weighted by Gasteiger charge is -2.25. The zero-order valence-corrected chi connectivity index (χ0v) is 21.8. The number of aldehydes is 1. The number of benzene rings is 2. The summed E-state index contributed by atoms with van der Waals surface area (Å²) in [5.41, 5.74) is 5.87. The van der Waals surface area contributed by atoms with Gasteiger partial charge in [-0.3, -0.25) is 14.4 Å². The molecule has 15 heteroatoms. The molecule has 1 aliphatic rings. The molecule has 1 heterocycles. The van der Waals surface area contributed by atoms with Gasteiger partial charge in [-0.05, 0) is 43.2 Å². The van der Waals surface area contributed by atoms with Gasteiger partial charge < -0.3 is 35.5 Å². The molecule has 0 radical (unpaired) electrons. The number of hydrogen-bond acceptors (Lipinski definition) is 9. The number of ketones is 1. The molecule has 3 atom stereocenters. The third-order valence-electron chi connectivity index (χ3n) is 6.27. The molecule has 41 heavy (non-hydrogen) atoms. The summed E-state index contributed by atoms with van der Waals surface area (Å²) in [4.78, 5) is 62.6. The highest BCUT2D eigenvalue weighted by molar-refractivity contribution is 5.99. The number of Topliss-reactive ketones (excluding diaryl/α,β-unsaturated/α-hetero) is 1. The Labute approximate surface area is 230 Å². The minimum absolute atomic E-state index is 0.0974. The van der Waals surface area contributed by atoms with E-state index < -0.39 is 71.7 Å². The Hall–Kier alpha value is -4.53. The fourth-order valence-corrected chi connectivity index (χ4v) is 4.23. The molecule has 0 spiro atoms. The number of amides is 2. The van der Waals surface area contributed by atoms with Crippen molar-refractivity contribution >= 4 is 41.2 Å². The lowest BCUT2D eigenvalue weighted by Crippen LogP contribution is -2.45. The van der Waals surface area contributed by atoms with Crippen molar-refractivity contribution in [3.05, 3.63) is 53.3 Å². The number of halogens is 4. The van der Waals surface area contributed by atoms with E-state index in [9.17, 15) is 41.5 Å². The minimum atomic E-state index is -5.17. The van der Waals surface area contributed by atoms with Crippen LogP contribution in [0.3, 0.4) is 0 Å². The summed E-state index contributed by atoms with van der Waals surface area (Å²) in [6, 6.07) is 4.54. The average Bonchev–Trinajstić information content (AvgIpc) is 3.37. The van der Waals surface area contributed by atoms with Crippen LogP contribution in [0.25, 0.3) is 0 Å². The van der Waals surface area contributed by atoms with E-state index in [4.69, 9.17) is 10.5 Å². The van der Waals surface area contributed by atoms with Crippen molar-refractivity contribution in [2.24, 2.45) is 11.7 Å². The highest BCUT2D eigenvalue weighted by Gasteiger charge is 2.40. The van der Waals surface area contributed by atoms with Crippen molar-refractivity contribution < 1.29 is 51.0 Å². The lowest BCUT2D eigenvalue weighted by atomic mass is 10.00. The Kier molecular flexibility index (Phi) is 9.65. The molecule has 3 unspecified atom stereocenters. The molecule has 1 saturated heterocycles. The molecule has 2 amide bonds. The van der Waals surface area contributed by atoms with E-state index in [1.807, 2.05) is 0 Å². The molecule has 4 N–H and O–H groups in total. The first kappa shape index (κ1) is 31.0. The maximum absolute atomic E-state index is 14.6. The van der Waals surface area contributed by atoms with Gasteiger partial charge in [0.15, 0.2) is 17.3 Å².